The van der Waals surface area contributed by atoms with Gasteiger partial charge in [-0.3, -0.25) is 0 Å². The second-order valence-electron chi connectivity index (χ2n) is 6.35. The van der Waals surface area contributed by atoms with Crippen molar-refractivity contribution in [3.63, 3.8) is 0 Å². The van der Waals surface area contributed by atoms with E-state index in [0.29, 0.717) is 5.92 Å². The Morgan fingerprint density at radius 2 is 2.12 bits per heavy atom. The van der Waals surface area contributed by atoms with Gasteiger partial charge in [0, 0.05) is 45.2 Å². The van der Waals surface area contributed by atoms with E-state index in [1.165, 1.54) is 4.70 Å². The lowest BCUT2D eigenvalue weighted by Gasteiger charge is -2.34. The van der Waals surface area contributed by atoms with Gasteiger partial charge in [-0.15, -0.1) is 0 Å². The molecule has 4 rings (SSSR count). The summed E-state index contributed by atoms with van der Waals surface area (Å²) in [5.41, 5.74) is 1.05. The highest BCUT2D eigenvalue weighted by Crippen LogP contribution is 2.29. The molecule has 0 spiro atoms. The first-order valence-electron chi connectivity index (χ1n) is 8.50. The number of nitrogens with one attached hydrogen (secondary N) is 1. The number of anilines is 1. The number of hydrogen-bond acceptors (Lipinski definition) is 5. The Kier molecular flexibility index (Phi) is 4.53. The third-order valence-electron chi connectivity index (χ3n) is 4.69. The highest BCUT2D eigenvalue weighted by molar-refractivity contribution is 7.22. The van der Waals surface area contributed by atoms with Crippen molar-refractivity contribution < 1.29 is 9.53 Å². The van der Waals surface area contributed by atoms with E-state index in [-0.39, 0.29) is 6.03 Å². The second-order valence-corrected chi connectivity index (χ2v) is 7.36. The van der Waals surface area contributed by atoms with Gasteiger partial charge in [0.2, 0.25) is 0 Å². The number of benzene rings is 1. The van der Waals surface area contributed by atoms with Gasteiger partial charge < -0.3 is 19.9 Å². The van der Waals surface area contributed by atoms with Crippen molar-refractivity contribution in [1.82, 2.24) is 15.2 Å². The van der Waals surface area contributed by atoms with Crippen molar-refractivity contribution in [2.75, 3.05) is 50.8 Å². The Bertz CT molecular complexity index is 672. The van der Waals surface area contributed by atoms with Gasteiger partial charge in [0.1, 0.15) is 0 Å². The predicted octanol–water partition coefficient (Wildman–Crippen LogP) is 2.16. The molecule has 3 heterocycles. The number of urea groups is 1. The zero-order valence-corrected chi connectivity index (χ0v) is 14.4. The van der Waals surface area contributed by atoms with Crippen molar-refractivity contribution in [3.8, 4) is 0 Å². The van der Waals surface area contributed by atoms with E-state index in [1.54, 1.807) is 11.3 Å². The molecular formula is C17H22N4O2S. The molecule has 24 heavy (non-hydrogen) atoms. The quantitative estimate of drug-likeness (QED) is 0.925. The summed E-state index contributed by atoms with van der Waals surface area (Å²) in [4.78, 5) is 21.2. The molecule has 6 nitrogen and oxygen atoms in total. The third kappa shape index (κ3) is 3.32. The Morgan fingerprint density at radius 3 is 2.88 bits per heavy atom. The molecule has 2 amide bonds. The Morgan fingerprint density at radius 1 is 1.29 bits per heavy atom. The molecule has 1 aromatic carbocycles. The molecule has 2 saturated heterocycles. The number of amides is 2. The van der Waals surface area contributed by atoms with Crippen LogP contribution in [0.1, 0.15) is 6.42 Å². The lowest BCUT2D eigenvalue weighted by atomic mass is 10.1. The van der Waals surface area contributed by atoms with Crippen molar-refractivity contribution in [3.05, 3.63) is 24.3 Å². The fourth-order valence-corrected chi connectivity index (χ4v) is 4.20. The molecule has 0 saturated carbocycles. The summed E-state index contributed by atoms with van der Waals surface area (Å²) in [5.74, 6) is 0.470. The maximum absolute atomic E-state index is 12.3. The van der Waals surface area contributed by atoms with E-state index in [0.717, 1.165) is 63.0 Å². The minimum absolute atomic E-state index is 0.0471. The number of fused-ring (bicyclic) bond motifs is 1. The molecule has 0 bridgehead atoms. The van der Waals surface area contributed by atoms with Crippen molar-refractivity contribution >= 4 is 32.7 Å². The summed E-state index contributed by atoms with van der Waals surface area (Å²) < 4.78 is 6.56. The summed E-state index contributed by atoms with van der Waals surface area (Å²) in [7, 11) is 0. The average molecular weight is 346 g/mol. The number of rotatable bonds is 3. The largest absolute Gasteiger partial charge is 0.381 e. The van der Waals surface area contributed by atoms with Crippen molar-refractivity contribution in [2.24, 2.45) is 5.92 Å². The number of carbonyl (C=O) groups excluding carboxylic acids is 1. The molecule has 128 valence electrons. The van der Waals surface area contributed by atoms with Crippen LogP contribution < -0.4 is 10.2 Å². The molecule has 1 atom stereocenters. The number of aromatic nitrogens is 1. The highest BCUT2D eigenvalue weighted by atomic mass is 32.1. The van der Waals surface area contributed by atoms with E-state index in [4.69, 9.17) is 9.72 Å². The topological polar surface area (TPSA) is 57.7 Å². The molecule has 0 aliphatic carbocycles. The van der Waals surface area contributed by atoms with Crippen LogP contribution in [0.5, 0.6) is 0 Å². The first kappa shape index (κ1) is 15.7. The first-order chi connectivity index (χ1) is 11.8. The van der Waals surface area contributed by atoms with Gasteiger partial charge in [-0.05, 0) is 18.6 Å². The van der Waals surface area contributed by atoms with Crippen LogP contribution in [-0.2, 0) is 4.74 Å². The molecule has 0 radical (unpaired) electrons. The Labute approximate surface area is 145 Å². The lowest BCUT2D eigenvalue weighted by Crippen LogP contribution is -2.52. The van der Waals surface area contributed by atoms with Crippen LogP contribution in [0.3, 0.4) is 0 Å². The third-order valence-corrected chi connectivity index (χ3v) is 5.78. The van der Waals surface area contributed by atoms with Gasteiger partial charge in [0.15, 0.2) is 5.13 Å². The summed E-state index contributed by atoms with van der Waals surface area (Å²) in [6.45, 7) is 5.45. The number of nitrogens with zero attached hydrogens (tertiary/aromatic N) is 3. The fourth-order valence-electron chi connectivity index (χ4n) is 3.18. The number of piperazine rings is 1. The number of carbonyl (C=O) groups is 1. The van der Waals surface area contributed by atoms with Crippen LogP contribution >= 0.6 is 11.3 Å². The Hall–Kier alpha value is -1.86. The second kappa shape index (κ2) is 6.94. The molecule has 7 heteroatoms. The summed E-state index contributed by atoms with van der Waals surface area (Å²) >= 11 is 1.72. The van der Waals surface area contributed by atoms with Gasteiger partial charge in [-0.1, -0.05) is 23.5 Å². The fraction of sp³-hybridized carbons (Fsp3) is 0.529. The van der Waals surface area contributed by atoms with Crippen molar-refractivity contribution in [1.29, 1.82) is 0 Å². The highest BCUT2D eigenvalue weighted by Gasteiger charge is 2.24. The normalized spacial score (nSPS) is 21.4. The number of hydrogen-bond donors (Lipinski definition) is 1. The van der Waals surface area contributed by atoms with E-state index in [9.17, 15) is 4.79 Å². The number of thiazole rings is 1. The van der Waals surface area contributed by atoms with E-state index in [1.807, 2.05) is 23.1 Å². The standard InChI is InChI=1S/C17H22N4O2S/c22-16(18-11-13-5-10-23-12-13)20-6-8-21(9-7-20)17-19-14-3-1-2-4-15(14)24-17/h1-4,13H,5-12H2,(H,18,22). The SMILES string of the molecule is O=C(NCC1CCOC1)N1CCN(c2nc3ccccc3s2)CC1. The molecular weight excluding hydrogens is 324 g/mol. The van der Waals surface area contributed by atoms with Crippen LogP contribution in [-0.4, -0.2) is 61.9 Å². The Balaban J connectivity index is 1.30. The molecule has 1 unspecified atom stereocenters. The summed E-state index contributed by atoms with van der Waals surface area (Å²) in [5, 5.41) is 4.10. The van der Waals surface area contributed by atoms with Crippen LogP contribution in [0.15, 0.2) is 24.3 Å². The van der Waals surface area contributed by atoms with E-state index >= 15 is 0 Å². The molecule has 2 aliphatic heterocycles. The number of para-hydroxylation sites is 1. The molecule has 1 N–H and O–H groups in total. The number of ether oxygens (including phenoxy) is 1. The smallest absolute Gasteiger partial charge is 0.317 e. The van der Waals surface area contributed by atoms with Crippen LogP contribution in [0.25, 0.3) is 10.2 Å². The van der Waals surface area contributed by atoms with Gasteiger partial charge >= 0.3 is 6.03 Å². The predicted molar refractivity (Wildman–Crippen MR) is 95.7 cm³/mol. The van der Waals surface area contributed by atoms with Crippen molar-refractivity contribution in [2.45, 2.75) is 6.42 Å². The zero-order chi connectivity index (χ0) is 16.4. The maximum atomic E-state index is 12.3. The summed E-state index contributed by atoms with van der Waals surface area (Å²) in [6.07, 6.45) is 1.05. The van der Waals surface area contributed by atoms with Gasteiger partial charge in [0.25, 0.3) is 0 Å². The van der Waals surface area contributed by atoms with Crippen LogP contribution in [0.4, 0.5) is 9.93 Å². The molecule has 1 aromatic heterocycles. The van der Waals surface area contributed by atoms with Crippen LogP contribution in [0.2, 0.25) is 0 Å². The van der Waals surface area contributed by atoms with Crippen LogP contribution in [0, 0.1) is 5.92 Å². The minimum Gasteiger partial charge on any atom is -0.381 e. The van der Waals surface area contributed by atoms with Gasteiger partial charge in [0.05, 0.1) is 16.8 Å². The monoisotopic (exact) mass is 346 g/mol. The van der Waals surface area contributed by atoms with E-state index in [2.05, 4.69) is 16.3 Å². The lowest BCUT2D eigenvalue weighted by molar-refractivity contribution is 0.179. The van der Waals surface area contributed by atoms with Gasteiger partial charge in [-0.2, -0.15) is 0 Å². The van der Waals surface area contributed by atoms with Gasteiger partial charge in [-0.25, -0.2) is 9.78 Å². The molecule has 2 aromatic rings. The molecule has 2 fully saturated rings. The van der Waals surface area contributed by atoms with E-state index < -0.39 is 0 Å². The minimum atomic E-state index is 0.0471. The molecule has 2 aliphatic rings. The maximum Gasteiger partial charge on any atom is 0.317 e. The summed E-state index contributed by atoms with van der Waals surface area (Å²) in [6, 6.07) is 8.26. The first-order valence-corrected chi connectivity index (χ1v) is 9.32. The average Bonchev–Trinajstić information content (AvgIpc) is 3.29. The zero-order valence-electron chi connectivity index (χ0n) is 13.6.